The van der Waals surface area contributed by atoms with Gasteiger partial charge in [0.2, 0.25) is 0 Å². The lowest BCUT2D eigenvalue weighted by atomic mass is 9.98. The van der Waals surface area contributed by atoms with Gasteiger partial charge in [-0.1, -0.05) is 11.6 Å². The molecule has 1 aromatic carbocycles. The van der Waals surface area contributed by atoms with E-state index in [-0.39, 0.29) is 5.82 Å². The van der Waals surface area contributed by atoms with Crippen LogP contribution in [0.2, 0.25) is 5.02 Å². The largest absolute Gasteiger partial charge is 0.289 e. The minimum Gasteiger partial charge on any atom is -0.289 e. The van der Waals surface area contributed by atoms with Gasteiger partial charge in [0.25, 0.3) is 0 Å². The number of hydrogen-bond acceptors (Lipinski definition) is 1. The fraction of sp³-hybridized carbons (Fsp3) is 0.300. The Kier molecular flexibility index (Phi) is 2.08. The first kappa shape index (κ1) is 8.70. The molecular weight excluding hydrogens is 189 g/mol. The van der Waals surface area contributed by atoms with Gasteiger partial charge in [-0.2, -0.15) is 0 Å². The van der Waals surface area contributed by atoms with E-state index in [1.807, 2.05) is 6.92 Å². The second-order valence-corrected chi connectivity index (χ2v) is 3.55. The zero-order chi connectivity index (χ0) is 9.42. The first-order valence-corrected chi connectivity index (χ1v) is 4.55. The Hall–Kier alpha value is -0.890. The molecule has 1 aliphatic heterocycles. The predicted octanol–water partition coefficient (Wildman–Crippen LogP) is 2.84. The normalized spacial score (nSPS) is 15.2. The van der Waals surface area contributed by atoms with Crippen LogP contribution in [0.4, 0.5) is 4.39 Å². The second kappa shape index (κ2) is 3.11. The zero-order valence-corrected chi connectivity index (χ0v) is 8.03. The van der Waals surface area contributed by atoms with E-state index in [2.05, 4.69) is 4.99 Å². The zero-order valence-electron chi connectivity index (χ0n) is 7.27. The molecule has 0 radical (unpaired) electrons. The summed E-state index contributed by atoms with van der Waals surface area (Å²) < 4.78 is 13.0. The average molecular weight is 198 g/mol. The third kappa shape index (κ3) is 1.46. The molecule has 1 aliphatic rings. The number of rotatable bonds is 0. The van der Waals surface area contributed by atoms with Gasteiger partial charge in [-0.25, -0.2) is 4.39 Å². The van der Waals surface area contributed by atoms with Crippen LogP contribution in [0.15, 0.2) is 17.1 Å². The summed E-state index contributed by atoms with van der Waals surface area (Å²) in [5.74, 6) is -0.265. The maximum atomic E-state index is 13.0. The lowest BCUT2D eigenvalue weighted by Crippen LogP contribution is -2.10. The van der Waals surface area contributed by atoms with Crippen LogP contribution in [-0.2, 0) is 6.42 Å². The number of nitrogens with zero attached hydrogens (tertiary/aromatic N) is 1. The molecule has 0 atom stereocenters. The van der Waals surface area contributed by atoms with E-state index in [1.54, 1.807) is 6.07 Å². The van der Waals surface area contributed by atoms with Crippen molar-refractivity contribution < 1.29 is 4.39 Å². The molecule has 0 N–H and O–H groups in total. The van der Waals surface area contributed by atoms with Gasteiger partial charge in [-0.05, 0) is 31.0 Å². The lowest BCUT2D eigenvalue weighted by Gasteiger charge is -2.15. The Morgan fingerprint density at radius 2 is 2.23 bits per heavy atom. The van der Waals surface area contributed by atoms with E-state index in [0.29, 0.717) is 5.02 Å². The van der Waals surface area contributed by atoms with Gasteiger partial charge in [0.05, 0.1) is 5.02 Å². The summed E-state index contributed by atoms with van der Waals surface area (Å²) in [5, 5.41) is 0.468. The fourth-order valence-electron chi connectivity index (χ4n) is 1.65. The lowest BCUT2D eigenvalue weighted by molar-refractivity contribution is 0.625. The van der Waals surface area contributed by atoms with Gasteiger partial charge in [0.1, 0.15) is 5.82 Å². The third-order valence-electron chi connectivity index (χ3n) is 2.23. The molecule has 0 unspecified atom stereocenters. The van der Waals surface area contributed by atoms with Crippen LogP contribution in [0.5, 0.6) is 0 Å². The van der Waals surface area contributed by atoms with Gasteiger partial charge in [-0.15, -0.1) is 0 Å². The predicted molar refractivity (Wildman–Crippen MR) is 52.2 cm³/mol. The van der Waals surface area contributed by atoms with Crippen LogP contribution in [0.3, 0.4) is 0 Å². The standard InChI is InChI=1S/C10H9ClFN/c1-6-10-7(2-3-13-6)4-8(12)5-9(10)11/h4-5H,2-3H2,1H3. The molecule has 0 bridgehead atoms. The summed E-state index contributed by atoms with van der Waals surface area (Å²) in [6.07, 6.45) is 0.782. The maximum absolute atomic E-state index is 13.0. The van der Waals surface area contributed by atoms with Crippen molar-refractivity contribution in [2.45, 2.75) is 13.3 Å². The molecule has 1 nitrogen and oxygen atoms in total. The van der Waals surface area contributed by atoms with Crippen molar-refractivity contribution in [1.29, 1.82) is 0 Å². The highest BCUT2D eigenvalue weighted by Gasteiger charge is 2.15. The Morgan fingerprint density at radius 3 is 3.00 bits per heavy atom. The Morgan fingerprint density at radius 1 is 1.46 bits per heavy atom. The number of aliphatic imine (C=N–C) groups is 1. The smallest absolute Gasteiger partial charge is 0.125 e. The number of halogens is 2. The minimum atomic E-state index is -0.265. The molecule has 0 saturated heterocycles. The molecule has 3 heteroatoms. The van der Waals surface area contributed by atoms with Crippen molar-refractivity contribution in [3.8, 4) is 0 Å². The number of hydrogen-bond donors (Lipinski definition) is 0. The van der Waals surface area contributed by atoms with Crippen molar-refractivity contribution >= 4 is 17.3 Å². The summed E-state index contributed by atoms with van der Waals surface area (Å²) in [6, 6.07) is 2.88. The van der Waals surface area contributed by atoms with Crippen molar-refractivity contribution in [1.82, 2.24) is 0 Å². The van der Waals surface area contributed by atoms with E-state index >= 15 is 0 Å². The van der Waals surface area contributed by atoms with Crippen LogP contribution >= 0.6 is 11.6 Å². The van der Waals surface area contributed by atoms with Crippen LogP contribution in [0.1, 0.15) is 18.1 Å². The first-order chi connectivity index (χ1) is 6.18. The number of fused-ring (bicyclic) bond motifs is 1. The molecule has 1 heterocycles. The van der Waals surface area contributed by atoms with Crippen molar-refractivity contribution in [3.05, 3.63) is 34.1 Å². The molecule has 0 spiro atoms. The summed E-state index contributed by atoms with van der Waals surface area (Å²) in [7, 11) is 0. The van der Waals surface area contributed by atoms with Crippen molar-refractivity contribution in [2.24, 2.45) is 4.99 Å². The molecule has 0 saturated carbocycles. The molecule has 2 rings (SSSR count). The van der Waals surface area contributed by atoms with Crippen LogP contribution in [0.25, 0.3) is 0 Å². The van der Waals surface area contributed by atoms with E-state index in [4.69, 9.17) is 11.6 Å². The summed E-state index contributed by atoms with van der Waals surface area (Å²) in [4.78, 5) is 4.27. The quantitative estimate of drug-likeness (QED) is 0.607. The highest BCUT2D eigenvalue weighted by atomic mass is 35.5. The maximum Gasteiger partial charge on any atom is 0.125 e. The molecule has 13 heavy (non-hydrogen) atoms. The average Bonchev–Trinajstić information content (AvgIpc) is 2.02. The van der Waals surface area contributed by atoms with E-state index < -0.39 is 0 Å². The van der Waals surface area contributed by atoms with E-state index in [0.717, 1.165) is 29.8 Å². The third-order valence-corrected chi connectivity index (χ3v) is 2.53. The number of benzene rings is 1. The highest BCUT2D eigenvalue weighted by Crippen LogP contribution is 2.25. The molecule has 0 aliphatic carbocycles. The topological polar surface area (TPSA) is 12.4 Å². The van der Waals surface area contributed by atoms with Crippen LogP contribution in [0, 0.1) is 5.82 Å². The summed E-state index contributed by atoms with van der Waals surface area (Å²) in [5.41, 5.74) is 2.79. The monoisotopic (exact) mass is 197 g/mol. The Balaban J connectivity index is 2.66. The Labute approximate surface area is 81.2 Å². The van der Waals surface area contributed by atoms with E-state index in [1.165, 1.54) is 6.07 Å². The molecule has 1 aromatic rings. The summed E-state index contributed by atoms with van der Waals surface area (Å²) in [6.45, 7) is 2.64. The molecule has 68 valence electrons. The fourth-order valence-corrected chi connectivity index (χ4v) is 2.01. The van der Waals surface area contributed by atoms with Gasteiger partial charge < -0.3 is 0 Å². The summed E-state index contributed by atoms with van der Waals surface area (Å²) >= 11 is 5.92. The van der Waals surface area contributed by atoms with E-state index in [9.17, 15) is 4.39 Å². The molecular formula is C10H9ClFN. The van der Waals surface area contributed by atoms with Gasteiger partial charge in [0, 0.05) is 17.8 Å². The van der Waals surface area contributed by atoms with Gasteiger partial charge >= 0.3 is 0 Å². The molecule has 0 aromatic heterocycles. The van der Waals surface area contributed by atoms with Crippen LogP contribution in [-0.4, -0.2) is 12.3 Å². The van der Waals surface area contributed by atoms with Crippen LogP contribution < -0.4 is 0 Å². The SMILES string of the molecule is CC1=NCCc2cc(F)cc(Cl)c21. The van der Waals surface area contributed by atoms with Gasteiger partial charge in [-0.3, -0.25) is 4.99 Å². The second-order valence-electron chi connectivity index (χ2n) is 3.14. The minimum absolute atomic E-state index is 0.265. The van der Waals surface area contributed by atoms with Gasteiger partial charge in [0.15, 0.2) is 0 Å². The van der Waals surface area contributed by atoms with Crippen molar-refractivity contribution in [2.75, 3.05) is 6.54 Å². The highest BCUT2D eigenvalue weighted by molar-refractivity contribution is 6.34. The molecule has 0 amide bonds. The van der Waals surface area contributed by atoms with Crippen molar-refractivity contribution in [3.63, 3.8) is 0 Å². The molecule has 0 fully saturated rings. The Bertz CT molecular complexity index is 385. The first-order valence-electron chi connectivity index (χ1n) is 4.18.